The molecule has 2 aromatic rings. The number of amides is 2. The maximum absolute atomic E-state index is 13.1. The van der Waals surface area contributed by atoms with Gasteiger partial charge in [-0.2, -0.15) is 0 Å². The van der Waals surface area contributed by atoms with E-state index in [1.165, 1.54) is 18.2 Å². The van der Waals surface area contributed by atoms with Crippen LogP contribution in [-0.2, 0) is 4.79 Å². The van der Waals surface area contributed by atoms with Crippen LogP contribution in [0, 0.1) is 5.82 Å². The third-order valence-electron chi connectivity index (χ3n) is 3.52. The minimum Gasteiger partial charge on any atom is -0.484 e. The van der Waals surface area contributed by atoms with Crippen molar-refractivity contribution in [1.82, 2.24) is 5.32 Å². The van der Waals surface area contributed by atoms with Crippen LogP contribution < -0.4 is 15.4 Å². The van der Waals surface area contributed by atoms with Gasteiger partial charge in [-0.25, -0.2) is 4.39 Å². The van der Waals surface area contributed by atoms with Crippen LogP contribution in [-0.4, -0.2) is 24.5 Å². The van der Waals surface area contributed by atoms with Crippen molar-refractivity contribution in [1.29, 1.82) is 0 Å². The van der Waals surface area contributed by atoms with Crippen molar-refractivity contribution in [2.45, 2.75) is 18.9 Å². The number of carbonyl (C=O) groups excluding carboxylic acids is 2. The lowest BCUT2D eigenvalue weighted by molar-refractivity contribution is -0.118. The van der Waals surface area contributed by atoms with Gasteiger partial charge in [0.1, 0.15) is 11.6 Å². The van der Waals surface area contributed by atoms with Gasteiger partial charge in [0.2, 0.25) is 0 Å². The van der Waals surface area contributed by atoms with Crippen LogP contribution in [0.4, 0.5) is 10.1 Å². The minimum atomic E-state index is -0.435. The van der Waals surface area contributed by atoms with E-state index in [4.69, 9.17) is 4.74 Å². The number of rotatable bonds is 6. The highest BCUT2D eigenvalue weighted by Crippen LogP contribution is 2.21. The Morgan fingerprint density at radius 2 is 1.92 bits per heavy atom. The van der Waals surface area contributed by atoms with Gasteiger partial charge in [0.25, 0.3) is 11.8 Å². The zero-order valence-corrected chi connectivity index (χ0v) is 12.9. The number of carbonyl (C=O) groups is 2. The molecule has 2 amide bonds. The highest BCUT2D eigenvalue weighted by atomic mass is 19.1. The van der Waals surface area contributed by atoms with E-state index in [9.17, 15) is 14.0 Å². The molecule has 0 radical (unpaired) electrons. The molecule has 0 bridgehead atoms. The summed E-state index contributed by atoms with van der Waals surface area (Å²) in [6.07, 6.45) is 1.98. The van der Waals surface area contributed by atoms with Gasteiger partial charge in [-0.05, 0) is 37.1 Å². The molecule has 1 aliphatic carbocycles. The molecule has 0 aromatic heterocycles. The quantitative estimate of drug-likeness (QED) is 0.857. The van der Waals surface area contributed by atoms with Gasteiger partial charge < -0.3 is 15.4 Å². The lowest BCUT2D eigenvalue weighted by Crippen LogP contribution is -2.28. The Kier molecular flexibility index (Phi) is 4.74. The molecule has 0 spiro atoms. The van der Waals surface area contributed by atoms with Crippen LogP contribution in [0.15, 0.2) is 48.5 Å². The summed E-state index contributed by atoms with van der Waals surface area (Å²) in [6.45, 7) is -0.276. The Morgan fingerprint density at radius 3 is 2.67 bits per heavy atom. The van der Waals surface area contributed by atoms with Gasteiger partial charge in [-0.1, -0.05) is 18.2 Å². The number of hydrogen-bond acceptors (Lipinski definition) is 3. The number of benzene rings is 2. The molecule has 124 valence electrons. The monoisotopic (exact) mass is 328 g/mol. The van der Waals surface area contributed by atoms with Gasteiger partial charge >= 0.3 is 0 Å². The molecule has 0 atom stereocenters. The molecule has 2 aromatic carbocycles. The second kappa shape index (κ2) is 7.12. The molecule has 0 aliphatic heterocycles. The fraction of sp³-hybridized carbons (Fsp3) is 0.222. The fourth-order valence-electron chi connectivity index (χ4n) is 2.17. The summed E-state index contributed by atoms with van der Waals surface area (Å²) >= 11 is 0. The van der Waals surface area contributed by atoms with Crippen molar-refractivity contribution >= 4 is 17.5 Å². The first-order valence-electron chi connectivity index (χ1n) is 7.70. The zero-order chi connectivity index (χ0) is 16.9. The van der Waals surface area contributed by atoms with E-state index >= 15 is 0 Å². The van der Waals surface area contributed by atoms with Crippen molar-refractivity contribution in [3.8, 4) is 5.75 Å². The molecule has 0 unspecified atom stereocenters. The third-order valence-corrected chi connectivity index (χ3v) is 3.52. The first-order valence-corrected chi connectivity index (χ1v) is 7.70. The number of nitrogens with one attached hydrogen (secondary N) is 2. The molecule has 2 N–H and O–H groups in total. The van der Waals surface area contributed by atoms with E-state index in [-0.39, 0.29) is 24.3 Å². The van der Waals surface area contributed by atoms with E-state index in [2.05, 4.69) is 10.6 Å². The third kappa shape index (κ3) is 4.32. The van der Waals surface area contributed by atoms with Crippen molar-refractivity contribution in [3.63, 3.8) is 0 Å². The Balaban J connectivity index is 1.60. The fourth-order valence-corrected chi connectivity index (χ4v) is 2.17. The summed E-state index contributed by atoms with van der Waals surface area (Å²) in [6, 6.07) is 12.6. The van der Waals surface area contributed by atoms with Gasteiger partial charge in [-0.15, -0.1) is 0 Å². The highest BCUT2D eigenvalue weighted by Gasteiger charge is 2.25. The molecule has 24 heavy (non-hydrogen) atoms. The molecule has 6 heteroatoms. The van der Waals surface area contributed by atoms with Crippen LogP contribution in [0.5, 0.6) is 5.75 Å². The van der Waals surface area contributed by atoms with Crippen molar-refractivity contribution < 1.29 is 18.7 Å². The minimum absolute atomic E-state index is 0.209. The molecular formula is C18H17FN2O3. The summed E-state index contributed by atoms with van der Waals surface area (Å²) in [5.74, 6) is -0.801. The summed E-state index contributed by atoms with van der Waals surface area (Å²) in [7, 11) is 0. The van der Waals surface area contributed by atoms with Crippen LogP contribution >= 0.6 is 0 Å². The lowest BCUT2D eigenvalue weighted by atomic mass is 10.1. The zero-order valence-electron chi connectivity index (χ0n) is 12.9. The average molecular weight is 328 g/mol. The smallest absolute Gasteiger partial charge is 0.262 e. The number of hydrogen-bond donors (Lipinski definition) is 2. The lowest BCUT2D eigenvalue weighted by Gasteiger charge is -2.11. The average Bonchev–Trinajstić information content (AvgIpc) is 3.37. The summed E-state index contributed by atoms with van der Waals surface area (Å²) < 4.78 is 18.3. The number of ether oxygens (including phenoxy) is 1. The normalized spacial score (nSPS) is 13.2. The molecule has 1 saturated carbocycles. The van der Waals surface area contributed by atoms with Crippen LogP contribution in [0.2, 0.25) is 0 Å². The van der Waals surface area contributed by atoms with E-state index in [0.717, 1.165) is 12.8 Å². The van der Waals surface area contributed by atoms with Crippen LogP contribution in [0.1, 0.15) is 23.2 Å². The van der Waals surface area contributed by atoms with E-state index in [1.54, 1.807) is 30.3 Å². The standard InChI is InChI=1S/C18H17FN2O3/c19-12-4-3-5-14(10-12)24-11-17(22)21-16-7-2-1-6-15(16)18(23)20-13-8-9-13/h1-7,10,13H,8-9,11H2,(H,20,23)(H,21,22). The van der Waals surface area contributed by atoms with Gasteiger partial charge in [0.05, 0.1) is 11.3 Å². The highest BCUT2D eigenvalue weighted by molar-refractivity contribution is 6.04. The number of para-hydroxylation sites is 1. The van der Waals surface area contributed by atoms with Crippen molar-refractivity contribution in [2.24, 2.45) is 0 Å². The molecule has 1 fully saturated rings. The maximum atomic E-state index is 13.1. The summed E-state index contributed by atoms with van der Waals surface area (Å²) in [5.41, 5.74) is 0.826. The predicted octanol–water partition coefficient (Wildman–Crippen LogP) is 2.74. The molecule has 1 aliphatic rings. The SMILES string of the molecule is O=C(COc1cccc(F)c1)Nc1ccccc1C(=O)NC1CC1. The molecule has 0 saturated heterocycles. The molecule has 0 heterocycles. The van der Waals surface area contributed by atoms with Crippen molar-refractivity contribution in [2.75, 3.05) is 11.9 Å². The van der Waals surface area contributed by atoms with Crippen molar-refractivity contribution in [3.05, 3.63) is 59.9 Å². The second-order valence-electron chi connectivity index (χ2n) is 5.59. The Bertz CT molecular complexity index is 759. The van der Waals surface area contributed by atoms with Gasteiger partial charge in [0.15, 0.2) is 6.61 Å². The molecule has 5 nitrogen and oxygen atoms in total. The Morgan fingerprint density at radius 1 is 1.12 bits per heavy atom. The molecular weight excluding hydrogens is 311 g/mol. The second-order valence-corrected chi connectivity index (χ2v) is 5.59. The largest absolute Gasteiger partial charge is 0.484 e. The summed E-state index contributed by atoms with van der Waals surface area (Å²) in [5, 5.41) is 5.54. The Labute approximate surface area is 138 Å². The van der Waals surface area contributed by atoms with E-state index in [0.29, 0.717) is 11.3 Å². The van der Waals surface area contributed by atoms with E-state index < -0.39 is 11.7 Å². The van der Waals surface area contributed by atoms with Gasteiger partial charge in [-0.3, -0.25) is 9.59 Å². The first kappa shape index (κ1) is 16.0. The number of halogens is 1. The first-order chi connectivity index (χ1) is 11.6. The molecule has 3 rings (SSSR count). The topological polar surface area (TPSA) is 67.4 Å². The number of anilines is 1. The van der Waals surface area contributed by atoms with Crippen LogP contribution in [0.3, 0.4) is 0 Å². The van der Waals surface area contributed by atoms with E-state index in [1.807, 2.05) is 0 Å². The van der Waals surface area contributed by atoms with Gasteiger partial charge in [0, 0.05) is 12.1 Å². The predicted molar refractivity (Wildman–Crippen MR) is 87.5 cm³/mol. The Hall–Kier alpha value is -2.89. The maximum Gasteiger partial charge on any atom is 0.262 e. The van der Waals surface area contributed by atoms with Crippen LogP contribution in [0.25, 0.3) is 0 Å². The summed E-state index contributed by atoms with van der Waals surface area (Å²) in [4.78, 5) is 24.2.